The molecule has 1 unspecified atom stereocenters. The number of hydrogen-bond acceptors (Lipinski definition) is 4. The third kappa shape index (κ3) is 3.66. The minimum Gasteiger partial charge on any atom is -0.363 e. The summed E-state index contributed by atoms with van der Waals surface area (Å²) in [6.07, 6.45) is 1.13. The number of nitro benzene ring substituents is 1. The number of nitrogens with zero attached hydrogens (tertiary/aromatic N) is 3. The van der Waals surface area contributed by atoms with E-state index in [1.54, 1.807) is 6.07 Å². The topological polar surface area (TPSA) is 49.6 Å². The third-order valence-electron chi connectivity index (χ3n) is 4.26. The van der Waals surface area contributed by atoms with Crippen LogP contribution in [0.4, 0.5) is 11.4 Å². The molecule has 1 aromatic carbocycles. The number of nitro groups is 1. The Morgan fingerprint density at radius 2 is 2.00 bits per heavy atom. The van der Waals surface area contributed by atoms with Gasteiger partial charge in [-0.1, -0.05) is 13.0 Å². The quantitative estimate of drug-likeness (QED) is 0.476. The molecular weight excluding hydrogens is 290 g/mol. The van der Waals surface area contributed by atoms with Gasteiger partial charge in [0.1, 0.15) is 5.69 Å². The largest absolute Gasteiger partial charge is 0.363 e. The predicted molar refractivity (Wildman–Crippen MR) is 86.2 cm³/mol. The fourth-order valence-corrected chi connectivity index (χ4v) is 2.89. The van der Waals surface area contributed by atoms with E-state index in [9.17, 15) is 10.1 Å². The molecule has 0 spiro atoms. The Morgan fingerprint density at radius 3 is 2.52 bits per heavy atom. The van der Waals surface area contributed by atoms with Gasteiger partial charge >= 0.3 is 0 Å². The molecule has 0 aromatic heterocycles. The van der Waals surface area contributed by atoms with Crippen molar-refractivity contribution < 1.29 is 4.92 Å². The molecule has 1 saturated heterocycles. The van der Waals surface area contributed by atoms with Gasteiger partial charge in [-0.05, 0) is 25.0 Å². The van der Waals surface area contributed by atoms with E-state index in [4.69, 9.17) is 11.6 Å². The summed E-state index contributed by atoms with van der Waals surface area (Å²) in [5.74, 6) is 0.295. The van der Waals surface area contributed by atoms with E-state index in [2.05, 4.69) is 23.6 Å². The van der Waals surface area contributed by atoms with E-state index in [0.29, 0.717) is 17.6 Å². The zero-order valence-corrected chi connectivity index (χ0v) is 13.3. The lowest BCUT2D eigenvalue weighted by Crippen LogP contribution is -2.49. The number of rotatable bonds is 5. The summed E-state index contributed by atoms with van der Waals surface area (Å²) in [7, 11) is 0. The average molecular weight is 312 g/mol. The van der Waals surface area contributed by atoms with Gasteiger partial charge in [-0.15, -0.1) is 11.6 Å². The molecule has 6 heteroatoms. The Kier molecular flexibility index (Phi) is 5.42. The number of alkyl halides is 1. The maximum absolute atomic E-state index is 11.3. The molecule has 1 heterocycles. The molecule has 0 N–H and O–H groups in total. The third-order valence-corrected chi connectivity index (χ3v) is 4.57. The van der Waals surface area contributed by atoms with Gasteiger partial charge in [0.15, 0.2) is 0 Å². The van der Waals surface area contributed by atoms with Crippen molar-refractivity contribution >= 4 is 23.0 Å². The van der Waals surface area contributed by atoms with Crippen molar-refractivity contribution in [1.29, 1.82) is 0 Å². The summed E-state index contributed by atoms with van der Waals surface area (Å²) >= 11 is 5.77. The van der Waals surface area contributed by atoms with Gasteiger partial charge in [-0.2, -0.15) is 0 Å². The molecule has 21 heavy (non-hydrogen) atoms. The SMILES string of the molecule is CCC(C)N1CCN(c2ccc(CCl)cc2[N+](=O)[O-])CC1. The van der Waals surface area contributed by atoms with Gasteiger partial charge in [0.25, 0.3) is 5.69 Å². The maximum Gasteiger partial charge on any atom is 0.292 e. The number of anilines is 1. The molecule has 0 saturated carbocycles. The normalized spacial score (nSPS) is 17.8. The highest BCUT2D eigenvalue weighted by Gasteiger charge is 2.25. The van der Waals surface area contributed by atoms with Gasteiger partial charge in [0.05, 0.1) is 4.92 Å². The van der Waals surface area contributed by atoms with Crippen LogP contribution < -0.4 is 4.90 Å². The van der Waals surface area contributed by atoms with E-state index in [-0.39, 0.29) is 10.6 Å². The maximum atomic E-state index is 11.3. The van der Waals surface area contributed by atoms with Crippen molar-refractivity contribution in [2.75, 3.05) is 31.1 Å². The Labute approximate surface area is 130 Å². The van der Waals surface area contributed by atoms with Crippen molar-refractivity contribution in [3.8, 4) is 0 Å². The van der Waals surface area contributed by atoms with Crippen molar-refractivity contribution in [2.24, 2.45) is 0 Å². The monoisotopic (exact) mass is 311 g/mol. The molecule has 116 valence electrons. The van der Waals surface area contributed by atoms with E-state index in [1.807, 2.05) is 12.1 Å². The standard InChI is InChI=1S/C15H22ClN3O2/c1-3-12(2)17-6-8-18(9-7-17)14-5-4-13(11-16)10-15(14)19(20)21/h4-5,10,12H,3,6-9,11H2,1-2H3. The summed E-state index contributed by atoms with van der Waals surface area (Å²) in [4.78, 5) is 15.5. The van der Waals surface area contributed by atoms with Gasteiger partial charge in [0.2, 0.25) is 0 Å². The smallest absolute Gasteiger partial charge is 0.292 e. The second kappa shape index (κ2) is 7.09. The summed E-state index contributed by atoms with van der Waals surface area (Å²) < 4.78 is 0. The van der Waals surface area contributed by atoms with E-state index in [0.717, 1.165) is 38.2 Å². The molecule has 1 aliphatic rings. The highest BCUT2D eigenvalue weighted by Crippen LogP contribution is 2.30. The molecular formula is C15H22ClN3O2. The zero-order valence-electron chi connectivity index (χ0n) is 12.6. The van der Waals surface area contributed by atoms with Crippen molar-refractivity contribution in [3.63, 3.8) is 0 Å². The number of piperazine rings is 1. The summed E-state index contributed by atoms with van der Waals surface area (Å²) in [5, 5.41) is 11.3. The van der Waals surface area contributed by atoms with Crippen LogP contribution in [0.3, 0.4) is 0 Å². The minimum absolute atomic E-state index is 0.158. The molecule has 5 nitrogen and oxygen atoms in total. The fourth-order valence-electron chi connectivity index (χ4n) is 2.73. The Morgan fingerprint density at radius 1 is 1.33 bits per heavy atom. The first-order valence-electron chi connectivity index (χ1n) is 7.39. The second-order valence-corrected chi connectivity index (χ2v) is 5.76. The van der Waals surface area contributed by atoms with E-state index >= 15 is 0 Å². The summed E-state index contributed by atoms with van der Waals surface area (Å²) in [5.41, 5.74) is 1.65. The van der Waals surface area contributed by atoms with E-state index in [1.165, 1.54) is 0 Å². The van der Waals surface area contributed by atoms with E-state index < -0.39 is 0 Å². The molecule has 1 atom stereocenters. The van der Waals surface area contributed by atoms with Crippen LogP contribution in [0.15, 0.2) is 18.2 Å². The van der Waals surface area contributed by atoms with Gasteiger partial charge in [0, 0.05) is 44.2 Å². The molecule has 0 aliphatic carbocycles. The van der Waals surface area contributed by atoms with Gasteiger partial charge < -0.3 is 4.90 Å². The highest BCUT2D eigenvalue weighted by molar-refractivity contribution is 6.17. The molecule has 0 amide bonds. The van der Waals surface area contributed by atoms with Crippen LogP contribution in [0.25, 0.3) is 0 Å². The number of halogens is 1. The van der Waals surface area contributed by atoms with Gasteiger partial charge in [-0.25, -0.2) is 0 Å². The van der Waals surface area contributed by atoms with Crippen molar-refractivity contribution in [1.82, 2.24) is 4.90 Å². The molecule has 2 rings (SSSR count). The Bertz CT molecular complexity index is 502. The average Bonchev–Trinajstić information content (AvgIpc) is 2.53. The van der Waals surface area contributed by atoms with Crippen molar-refractivity contribution in [2.45, 2.75) is 32.2 Å². The first-order valence-corrected chi connectivity index (χ1v) is 7.92. The highest BCUT2D eigenvalue weighted by atomic mass is 35.5. The molecule has 1 fully saturated rings. The molecule has 0 bridgehead atoms. The van der Waals surface area contributed by atoms with Crippen molar-refractivity contribution in [3.05, 3.63) is 33.9 Å². The molecule has 0 radical (unpaired) electrons. The Hall–Kier alpha value is -1.33. The Balaban J connectivity index is 2.14. The first-order chi connectivity index (χ1) is 10.1. The van der Waals surface area contributed by atoms with Crippen LogP contribution in [0.2, 0.25) is 0 Å². The van der Waals surface area contributed by atoms with Gasteiger partial charge in [-0.3, -0.25) is 15.0 Å². The fraction of sp³-hybridized carbons (Fsp3) is 0.600. The number of hydrogen-bond donors (Lipinski definition) is 0. The van der Waals surface area contributed by atoms with Crippen LogP contribution in [-0.2, 0) is 5.88 Å². The lowest BCUT2D eigenvalue weighted by atomic mass is 10.1. The second-order valence-electron chi connectivity index (χ2n) is 5.49. The van der Waals surface area contributed by atoms with Crippen LogP contribution in [-0.4, -0.2) is 42.0 Å². The number of benzene rings is 1. The summed E-state index contributed by atoms with van der Waals surface area (Å²) in [6, 6.07) is 5.86. The van der Waals surface area contributed by atoms with Crippen LogP contribution in [0.1, 0.15) is 25.8 Å². The first kappa shape index (κ1) is 16.0. The zero-order chi connectivity index (χ0) is 15.4. The lowest BCUT2D eigenvalue weighted by Gasteiger charge is -2.38. The predicted octanol–water partition coefficient (Wildman–Crippen LogP) is 3.25. The lowest BCUT2D eigenvalue weighted by molar-refractivity contribution is -0.384. The van der Waals surface area contributed by atoms with Crippen LogP contribution >= 0.6 is 11.6 Å². The summed E-state index contributed by atoms with van der Waals surface area (Å²) in [6.45, 7) is 7.96. The minimum atomic E-state index is -0.313. The molecule has 1 aliphatic heterocycles. The molecule has 1 aromatic rings. The van der Waals surface area contributed by atoms with Crippen LogP contribution in [0, 0.1) is 10.1 Å². The van der Waals surface area contributed by atoms with Crippen LogP contribution in [0.5, 0.6) is 0 Å².